The predicted molar refractivity (Wildman–Crippen MR) is 132 cm³/mol. The third-order valence-corrected chi connectivity index (χ3v) is 8.54. The molecule has 4 aromatic rings. The number of thiophene rings is 1. The Morgan fingerprint density at radius 2 is 1.56 bits per heavy atom. The molecule has 5 rings (SSSR count). The zero-order valence-corrected chi connectivity index (χ0v) is 19.1. The van der Waals surface area contributed by atoms with E-state index in [0.29, 0.717) is 0 Å². The Morgan fingerprint density at radius 3 is 2.06 bits per heavy atom. The van der Waals surface area contributed by atoms with Gasteiger partial charge in [-0.2, -0.15) is 0 Å². The normalized spacial score (nSPS) is 14.7. The molecule has 0 saturated heterocycles. The highest BCUT2D eigenvalue weighted by Gasteiger charge is 2.39. The first kappa shape index (κ1) is 20.6. The van der Waals surface area contributed by atoms with Crippen molar-refractivity contribution in [2.24, 2.45) is 0 Å². The Labute approximate surface area is 190 Å². The molecule has 1 heterocycles. The second-order valence-corrected chi connectivity index (χ2v) is 10.4. The number of carbonyl (C=O) groups is 1. The van der Waals surface area contributed by atoms with E-state index in [2.05, 4.69) is 66.6 Å². The third kappa shape index (κ3) is 3.43. The first-order valence-electron chi connectivity index (χ1n) is 10.9. The molecular weight excluding hydrogens is 416 g/mol. The minimum absolute atomic E-state index is 0.137. The van der Waals surface area contributed by atoms with Crippen molar-refractivity contribution in [3.8, 4) is 23.0 Å². The van der Waals surface area contributed by atoms with Crippen LogP contribution in [-0.2, 0) is 9.53 Å². The van der Waals surface area contributed by atoms with Gasteiger partial charge < -0.3 is 9.47 Å². The predicted octanol–water partition coefficient (Wildman–Crippen LogP) is 6.83. The Kier molecular flexibility index (Phi) is 5.15. The average molecular weight is 442 g/mol. The number of benzene rings is 3. The summed E-state index contributed by atoms with van der Waals surface area (Å²) in [5.41, 5.74) is 1.30. The molecule has 0 atom stereocenters. The van der Waals surface area contributed by atoms with Crippen LogP contribution in [-0.4, -0.2) is 18.2 Å². The molecule has 1 saturated carbocycles. The number of aryl methyl sites for hydroxylation is 2. The quantitative estimate of drug-likeness (QED) is 0.193. The van der Waals surface area contributed by atoms with Crippen LogP contribution in [0.5, 0.6) is 5.75 Å². The molecule has 1 aliphatic rings. The van der Waals surface area contributed by atoms with Crippen molar-refractivity contribution in [1.82, 2.24) is 0 Å². The minimum atomic E-state index is -0.723. The van der Waals surface area contributed by atoms with Gasteiger partial charge in [-0.05, 0) is 68.5 Å². The number of hydrogen-bond donors (Lipinski definition) is 0. The minimum Gasteiger partial charge on any atom is -0.481 e. The number of carbonyl (C=O) groups excluding carboxylic acids is 1. The molecule has 0 amide bonds. The van der Waals surface area contributed by atoms with E-state index in [1.54, 1.807) is 0 Å². The maximum atomic E-state index is 12.3. The molecule has 0 N–H and O–H groups in total. The molecule has 1 aromatic heterocycles. The number of esters is 1. The molecule has 3 nitrogen and oxygen atoms in total. The highest BCUT2D eigenvalue weighted by Crippen LogP contribution is 2.49. The molecule has 0 radical (unpaired) electrons. The largest absolute Gasteiger partial charge is 0.481 e. The van der Waals surface area contributed by atoms with Gasteiger partial charge in [0.15, 0.2) is 26.5 Å². The molecule has 0 aliphatic heterocycles. The van der Waals surface area contributed by atoms with Gasteiger partial charge in [0, 0.05) is 33.4 Å². The Hall–Kier alpha value is -3.29. The Balaban J connectivity index is 1.46. The van der Waals surface area contributed by atoms with Crippen molar-refractivity contribution >= 4 is 36.6 Å². The lowest BCUT2D eigenvalue weighted by molar-refractivity contribution is -0.163. The zero-order valence-electron chi connectivity index (χ0n) is 18.3. The molecular formula is C28H25O3S+. The molecule has 0 bridgehead atoms. The van der Waals surface area contributed by atoms with E-state index >= 15 is 0 Å². The first-order chi connectivity index (χ1) is 15.5. The van der Waals surface area contributed by atoms with Crippen LogP contribution in [0.1, 0.15) is 30.4 Å². The van der Waals surface area contributed by atoms with Crippen molar-refractivity contribution in [3.05, 3.63) is 71.8 Å². The SMILES string of the molecule is C#CC1(OC(=O)COc2c(C)cc(-[s+]3c4ccccc4c4ccccc43)cc2C)CCC1. The van der Waals surface area contributed by atoms with Gasteiger partial charge in [0.1, 0.15) is 5.75 Å². The summed E-state index contributed by atoms with van der Waals surface area (Å²) in [5.74, 6) is 2.95. The van der Waals surface area contributed by atoms with Crippen LogP contribution in [0.2, 0.25) is 0 Å². The molecule has 0 unspecified atom stereocenters. The maximum Gasteiger partial charge on any atom is 0.345 e. The molecule has 3 aromatic carbocycles. The maximum absolute atomic E-state index is 12.3. The first-order valence-corrected chi connectivity index (χ1v) is 12.1. The molecule has 4 heteroatoms. The molecule has 32 heavy (non-hydrogen) atoms. The summed E-state index contributed by atoms with van der Waals surface area (Å²) in [5, 5.41) is 2.62. The van der Waals surface area contributed by atoms with Crippen LogP contribution in [0, 0.1) is 26.2 Å². The van der Waals surface area contributed by atoms with Crippen LogP contribution in [0.3, 0.4) is 0 Å². The van der Waals surface area contributed by atoms with E-state index in [9.17, 15) is 4.79 Å². The number of hydrogen-bond acceptors (Lipinski definition) is 3. The van der Waals surface area contributed by atoms with E-state index in [0.717, 1.165) is 36.1 Å². The van der Waals surface area contributed by atoms with Gasteiger partial charge in [0.05, 0.1) is 0 Å². The lowest BCUT2D eigenvalue weighted by atomic mass is 9.81. The summed E-state index contributed by atoms with van der Waals surface area (Å²) in [6.45, 7) is 3.92. The van der Waals surface area contributed by atoms with Gasteiger partial charge in [0.25, 0.3) is 0 Å². The Bertz CT molecular complexity index is 1310. The van der Waals surface area contributed by atoms with E-state index in [1.807, 2.05) is 13.8 Å². The van der Waals surface area contributed by atoms with Crippen LogP contribution in [0.25, 0.3) is 25.1 Å². The monoisotopic (exact) mass is 441 g/mol. The van der Waals surface area contributed by atoms with Gasteiger partial charge in [-0.15, -0.1) is 6.42 Å². The second-order valence-electron chi connectivity index (χ2n) is 8.44. The van der Waals surface area contributed by atoms with Gasteiger partial charge in [0.2, 0.25) is 0 Å². The van der Waals surface area contributed by atoms with Crippen LogP contribution < -0.4 is 4.74 Å². The van der Waals surface area contributed by atoms with Gasteiger partial charge in [-0.1, -0.05) is 30.2 Å². The van der Waals surface area contributed by atoms with Crippen LogP contribution in [0.4, 0.5) is 0 Å². The summed E-state index contributed by atoms with van der Waals surface area (Å²) in [7, 11) is -0.160. The fourth-order valence-electron chi connectivity index (χ4n) is 4.51. The molecule has 0 spiro atoms. The molecule has 160 valence electrons. The van der Waals surface area contributed by atoms with Crippen molar-refractivity contribution in [2.45, 2.75) is 38.7 Å². The highest BCUT2D eigenvalue weighted by molar-refractivity contribution is 7.50. The van der Waals surface area contributed by atoms with Crippen LogP contribution >= 0.6 is 10.5 Å². The zero-order chi connectivity index (χ0) is 22.3. The lowest BCUT2D eigenvalue weighted by Gasteiger charge is -2.36. The lowest BCUT2D eigenvalue weighted by Crippen LogP contribution is -2.41. The Morgan fingerprint density at radius 1 is 1.00 bits per heavy atom. The van der Waals surface area contributed by atoms with E-state index in [4.69, 9.17) is 15.9 Å². The number of rotatable bonds is 5. The molecule has 1 aliphatic carbocycles. The van der Waals surface area contributed by atoms with Crippen molar-refractivity contribution in [1.29, 1.82) is 0 Å². The van der Waals surface area contributed by atoms with Gasteiger partial charge >= 0.3 is 5.97 Å². The van der Waals surface area contributed by atoms with Gasteiger partial charge in [-0.3, -0.25) is 0 Å². The summed E-state index contributed by atoms with van der Waals surface area (Å²) in [4.78, 5) is 13.6. The van der Waals surface area contributed by atoms with Crippen molar-refractivity contribution in [2.75, 3.05) is 6.61 Å². The third-order valence-electron chi connectivity index (χ3n) is 6.24. The standard InChI is InChI=1S/C28H25O3S/c1-4-28(14-9-15-28)31-26(29)18-30-27-19(2)16-21(17-20(27)3)32-24-12-7-5-10-22(24)23-11-6-8-13-25(23)32/h1,5-8,10-13,16-17H,9,14-15,18H2,2-3H3/q+1. The van der Waals surface area contributed by atoms with E-state index in [1.165, 1.54) is 25.1 Å². The summed E-state index contributed by atoms with van der Waals surface area (Å²) < 4.78 is 14.1. The summed E-state index contributed by atoms with van der Waals surface area (Å²) in [6, 6.07) is 21.7. The number of terminal acetylenes is 1. The van der Waals surface area contributed by atoms with Crippen molar-refractivity contribution in [3.63, 3.8) is 0 Å². The van der Waals surface area contributed by atoms with Crippen LogP contribution in [0.15, 0.2) is 60.7 Å². The summed E-state index contributed by atoms with van der Waals surface area (Å²) >= 11 is 0. The van der Waals surface area contributed by atoms with Crippen molar-refractivity contribution < 1.29 is 14.3 Å². The fraction of sp³-hybridized carbons (Fsp3) is 0.250. The average Bonchev–Trinajstić information content (AvgIpc) is 3.10. The smallest absolute Gasteiger partial charge is 0.345 e. The fourth-order valence-corrected chi connectivity index (χ4v) is 7.07. The van der Waals surface area contributed by atoms with Gasteiger partial charge in [-0.25, -0.2) is 4.79 Å². The van der Waals surface area contributed by atoms with E-state index in [-0.39, 0.29) is 17.1 Å². The van der Waals surface area contributed by atoms with E-state index < -0.39 is 11.6 Å². The topological polar surface area (TPSA) is 35.5 Å². The second kappa shape index (κ2) is 8.00. The summed E-state index contributed by atoms with van der Waals surface area (Å²) in [6.07, 6.45) is 8.00. The number of ether oxygens (including phenoxy) is 2. The molecule has 1 fully saturated rings. The number of fused-ring (bicyclic) bond motifs is 3. The highest BCUT2D eigenvalue weighted by atomic mass is 32.2.